The van der Waals surface area contributed by atoms with Crippen LogP contribution in [0.15, 0.2) is 46.9 Å². The molecular formula is C23H28BrN3O4. The standard InChI is InChI=1S/C23H28BrN3O4/c1-4-5-12-31-20-11-8-17(24)14-19(20)23(30)27-26-22(29)16-6-9-18(10-7-16)25-21(28)13-15(2)3/h6-11,14-15H,4-5,12-13H2,1-3H3,(H,25,28)(H,26,29)(H,27,30). The summed E-state index contributed by atoms with van der Waals surface area (Å²) in [6, 6.07) is 11.6. The van der Waals surface area contributed by atoms with Gasteiger partial charge in [-0.05, 0) is 54.8 Å². The zero-order valence-electron chi connectivity index (χ0n) is 18.0. The lowest BCUT2D eigenvalue weighted by Gasteiger charge is -2.13. The van der Waals surface area contributed by atoms with Crippen LogP contribution in [0, 0.1) is 5.92 Å². The normalized spacial score (nSPS) is 10.5. The highest BCUT2D eigenvalue weighted by molar-refractivity contribution is 9.10. The van der Waals surface area contributed by atoms with Gasteiger partial charge in [0.05, 0.1) is 12.2 Å². The Hall–Kier alpha value is -2.87. The van der Waals surface area contributed by atoms with Crippen molar-refractivity contribution in [3.63, 3.8) is 0 Å². The van der Waals surface area contributed by atoms with E-state index in [0.29, 0.717) is 35.6 Å². The number of carbonyl (C=O) groups excluding carboxylic acids is 3. The highest BCUT2D eigenvalue weighted by Gasteiger charge is 2.15. The second-order valence-corrected chi connectivity index (χ2v) is 8.39. The van der Waals surface area contributed by atoms with E-state index in [4.69, 9.17) is 4.74 Å². The number of ether oxygens (including phenoxy) is 1. The van der Waals surface area contributed by atoms with Gasteiger partial charge in [0.2, 0.25) is 5.91 Å². The number of anilines is 1. The first-order chi connectivity index (χ1) is 14.8. The van der Waals surface area contributed by atoms with E-state index >= 15 is 0 Å². The van der Waals surface area contributed by atoms with Crippen molar-refractivity contribution in [1.29, 1.82) is 0 Å². The van der Waals surface area contributed by atoms with E-state index in [0.717, 1.165) is 17.3 Å². The number of hydrogen-bond acceptors (Lipinski definition) is 4. The third kappa shape index (κ3) is 8.05. The molecule has 0 bridgehead atoms. The summed E-state index contributed by atoms with van der Waals surface area (Å²) in [5.41, 5.74) is 6.08. The predicted octanol–water partition coefficient (Wildman–Crippen LogP) is 4.69. The van der Waals surface area contributed by atoms with Crippen LogP contribution >= 0.6 is 15.9 Å². The fraction of sp³-hybridized carbons (Fsp3) is 0.348. The van der Waals surface area contributed by atoms with E-state index in [2.05, 4.69) is 39.0 Å². The summed E-state index contributed by atoms with van der Waals surface area (Å²) in [5, 5.41) is 2.78. The molecular weight excluding hydrogens is 462 g/mol. The summed E-state index contributed by atoms with van der Waals surface area (Å²) in [6.45, 7) is 6.50. The first-order valence-electron chi connectivity index (χ1n) is 10.2. The van der Waals surface area contributed by atoms with E-state index in [1.165, 1.54) is 0 Å². The van der Waals surface area contributed by atoms with E-state index in [-0.39, 0.29) is 11.8 Å². The summed E-state index contributed by atoms with van der Waals surface area (Å²) < 4.78 is 6.41. The molecule has 0 radical (unpaired) electrons. The van der Waals surface area contributed by atoms with Crippen LogP contribution in [0.3, 0.4) is 0 Å². The number of amides is 3. The van der Waals surface area contributed by atoms with Crippen LogP contribution in [0.5, 0.6) is 5.75 Å². The molecule has 3 N–H and O–H groups in total. The average Bonchev–Trinajstić information content (AvgIpc) is 2.72. The molecule has 2 rings (SSSR count). The molecule has 0 saturated carbocycles. The minimum absolute atomic E-state index is 0.0783. The topological polar surface area (TPSA) is 96.5 Å². The number of unbranched alkanes of at least 4 members (excludes halogenated alkanes) is 1. The molecule has 0 aliphatic carbocycles. The van der Waals surface area contributed by atoms with Gasteiger partial charge in [0.15, 0.2) is 0 Å². The lowest BCUT2D eigenvalue weighted by Crippen LogP contribution is -2.41. The average molecular weight is 490 g/mol. The molecule has 3 amide bonds. The van der Waals surface area contributed by atoms with Gasteiger partial charge in [-0.15, -0.1) is 0 Å². The Bertz CT molecular complexity index is 914. The predicted molar refractivity (Wildman–Crippen MR) is 124 cm³/mol. The van der Waals surface area contributed by atoms with Gasteiger partial charge >= 0.3 is 0 Å². The molecule has 0 aromatic heterocycles. The van der Waals surface area contributed by atoms with Crippen molar-refractivity contribution in [3.8, 4) is 5.75 Å². The van der Waals surface area contributed by atoms with E-state index in [1.807, 2.05) is 13.8 Å². The maximum absolute atomic E-state index is 12.6. The van der Waals surface area contributed by atoms with Gasteiger partial charge in [-0.1, -0.05) is 43.1 Å². The summed E-state index contributed by atoms with van der Waals surface area (Å²) in [4.78, 5) is 36.8. The maximum Gasteiger partial charge on any atom is 0.273 e. The number of hydrogen-bond donors (Lipinski definition) is 3. The fourth-order valence-electron chi connectivity index (χ4n) is 2.67. The third-order valence-electron chi connectivity index (χ3n) is 4.26. The molecule has 0 spiro atoms. The maximum atomic E-state index is 12.6. The van der Waals surface area contributed by atoms with Crippen LogP contribution in [0.25, 0.3) is 0 Å². The molecule has 0 aliphatic heterocycles. The monoisotopic (exact) mass is 489 g/mol. The Morgan fingerprint density at radius 2 is 1.68 bits per heavy atom. The zero-order chi connectivity index (χ0) is 22.8. The van der Waals surface area contributed by atoms with Crippen LogP contribution < -0.4 is 20.9 Å². The SMILES string of the molecule is CCCCOc1ccc(Br)cc1C(=O)NNC(=O)c1ccc(NC(=O)CC(C)C)cc1. The molecule has 8 heteroatoms. The first kappa shape index (κ1) is 24.4. The van der Waals surface area contributed by atoms with Crippen molar-refractivity contribution >= 4 is 39.3 Å². The van der Waals surface area contributed by atoms with Crippen molar-refractivity contribution in [3.05, 3.63) is 58.1 Å². The molecule has 2 aromatic carbocycles. The molecule has 0 heterocycles. The summed E-state index contributed by atoms with van der Waals surface area (Å²) in [6.07, 6.45) is 2.28. The molecule has 7 nitrogen and oxygen atoms in total. The highest BCUT2D eigenvalue weighted by atomic mass is 79.9. The van der Waals surface area contributed by atoms with Crippen LogP contribution in [0.1, 0.15) is 60.7 Å². The quantitative estimate of drug-likeness (QED) is 0.351. The van der Waals surface area contributed by atoms with E-state index < -0.39 is 11.8 Å². The summed E-state index contributed by atoms with van der Waals surface area (Å²) in [7, 11) is 0. The molecule has 2 aromatic rings. The van der Waals surface area contributed by atoms with Crippen LogP contribution in [0.2, 0.25) is 0 Å². The first-order valence-corrected chi connectivity index (χ1v) is 11.0. The molecule has 0 saturated heterocycles. The zero-order valence-corrected chi connectivity index (χ0v) is 19.5. The van der Waals surface area contributed by atoms with Crippen molar-refractivity contribution in [2.45, 2.75) is 40.0 Å². The van der Waals surface area contributed by atoms with E-state index in [9.17, 15) is 14.4 Å². The van der Waals surface area contributed by atoms with Crippen LogP contribution in [-0.2, 0) is 4.79 Å². The van der Waals surface area contributed by atoms with Crippen LogP contribution in [-0.4, -0.2) is 24.3 Å². The molecule has 0 aliphatic rings. The van der Waals surface area contributed by atoms with Gasteiger partial charge in [-0.25, -0.2) is 0 Å². The molecule has 0 fully saturated rings. The van der Waals surface area contributed by atoms with Gasteiger partial charge in [0, 0.05) is 22.1 Å². The Morgan fingerprint density at radius 1 is 1.00 bits per heavy atom. The van der Waals surface area contributed by atoms with Gasteiger partial charge in [0.25, 0.3) is 11.8 Å². The number of benzene rings is 2. The van der Waals surface area contributed by atoms with Crippen molar-refractivity contribution < 1.29 is 19.1 Å². The van der Waals surface area contributed by atoms with Gasteiger partial charge < -0.3 is 10.1 Å². The van der Waals surface area contributed by atoms with Gasteiger partial charge in [-0.3, -0.25) is 25.2 Å². The number of hydrazine groups is 1. The second kappa shape index (κ2) is 12.1. The minimum Gasteiger partial charge on any atom is -0.493 e. The van der Waals surface area contributed by atoms with E-state index in [1.54, 1.807) is 42.5 Å². The van der Waals surface area contributed by atoms with Crippen molar-refractivity contribution in [2.24, 2.45) is 5.92 Å². The Morgan fingerprint density at radius 3 is 2.32 bits per heavy atom. The molecule has 0 atom stereocenters. The molecule has 166 valence electrons. The number of halogens is 1. The lowest BCUT2D eigenvalue weighted by atomic mass is 10.1. The fourth-order valence-corrected chi connectivity index (χ4v) is 3.03. The van der Waals surface area contributed by atoms with Gasteiger partial charge in [0.1, 0.15) is 5.75 Å². The minimum atomic E-state index is -0.487. The third-order valence-corrected chi connectivity index (χ3v) is 4.75. The second-order valence-electron chi connectivity index (χ2n) is 7.47. The van der Waals surface area contributed by atoms with Crippen LogP contribution in [0.4, 0.5) is 5.69 Å². The highest BCUT2D eigenvalue weighted by Crippen LogP contribution is 2.23. The number of rotatable bonds is 9. The molecule has 31 heavy (non-hydrogen) atoms. The smallest absolute Gasteiger partial charge is 0.273 e. The Balaban J connectivity index is 1.95. The number of carbonyl (C=O) groups is 3. The largest absolute Gasteiger partial charge is 0.493 e. The van der Waals surface area contributed by atoms with Crippen molar-refractivity contribution in [2.75, 3.05) is 11.9 Å². The number of nitrogens with one attached hydrogen (secondary N) is 3. The Labute approximate surface area is 191 Å². The molecule has 0 unspecified atom stereocenters. The lowest BCUT2D eigenvalue weighted by molar-refractivity contribution is -0.116. The van der Waals surface area contributed by atoms with Gasteiger partial charge in [-0.2, -0.15) is 0 Å². The summed E-state index contributed by atoms with van der Waals surface area (Å²) >= 11 is 3.35. The van der Waals surface area contributed by atoms with Crippen molar-refractivity contribution in [1.82, 2.24) is 10.9 Å². The summed E-state index contributed by atoms with van der Waals surface area (Å²) in [5.74, 6) is -0.331. The Kier molecular flexibility index (Phi) is 9.52.